The molecule has 0 aromatic carbocycles. The van der Waals surface area contributed by atoms with E-state index in [0.29, 0.717) is 0 Å². The zero-order chi connectivity index (χ0) is 11.2. The maximum absolute atomic E-state index is 12.3. The van der Waals surface area contributed by atoms with Crippen LogP contribution in [0.25, 0.3) is 11.1 Å². The van der Waals surface area contributed by atoms with Crippen molar-refractivity contribution in [3.8, 4) is 0 Å². The highest BCUT2D eigenvalue weighted by Crippen LogP contribution is 2.31. The van der Waals surface area contributed by atoms with E-state index < -0.39 is 22.7 Å². The van der Waals surface area contributed by atoms with Gasteiger partial charge in [-0.2, -0.15) is 13.2 Å². The molecule has 15 heavy (non-hydrogen) atoms. The molecule has 0 saturated heterocycles. The Bertz CT molecular complexity index is 569. The normalized spacial score (nSPS) is 12.2. The van der Waals surface area contributed by atoms with Crippen LogP contribution in [-0.2, 0) is 6.18 Å². The summed E-state index contributed by atoms with van der Waals surface area (Å²) >= 11 is 0. The molecule has 0 aliphatic rings. The summed E-state index contributed by atoms with van der Waals surface area (Å²) in [4.78, 5) is 13.6. The van der Waals surface area contributed by atoms with Crippen LogP contribution < -0.4 is 11.2 Å². The van der Waals surface area contributed by atoms with Gasteiger partial charge in [-0.1, -0.05) is 5.16 Å². The smallest absolute Gasteiger partial charge is 0.394 e. The lowest BCUT2D eigenvalue weighted by atomic mass is 10.2. The minimum absolute atomic E-state index is 0.323. The molecule has 0 aliphatic carbocycles. The third-order valence-corrected chi connectivity index (χ3v) is 1.81. The number of anilines is 1. The number of nitrogen functional groups attached to an aromatic ring is 1. The first-order valence-corrected chi connectivity index (χ1v) is 3.75. The van der Waals surface area contributed by atoms with Crippen molar-refractivity contribution in [3.05, 3.63) is 22.1 Å². The van der Waals surface area contributed by atoms with E-state index in [1.54, 1.807) is 0 Å². The molecule has 0 spiro atoms. The van der Waals surface area contributed by atoms with Crippen LogP contribution in [0, 0.1) is 0 Å². The fourth-order valence-corrected chi connectivity index (χ4v) is 1.15. The van der Waals surface area contributed by atoms with Gasteiger partial charge in [-0.15, -0.1) is 0 Å². The molecule has 0 fully saturated rings. The first-order chi connectivity index (χ1) is 6.91. The highest BCUT2D eigenvalue weighted by Gasteiger charge is 2.38. The SMILES string of the molecule is Nc1c[nH]c2onc(C(F)(F)F)c2c1=O. The highest BCUT2D eigenvalue weighted by molar-refractivity contribution is 5.79. The molecule has 0 bridgehead atoms. The second kappa shape index (κ2) is 2.75. The molecule has 0 atom stereocenters. The summed E-state index contributed by atoms with van der Waals surface area (Å²) in [7, 11) is 0. The molecule has 2 aromatic rings. The number of hydrogen-bond donors (Lipinski definition) is 2. The average Bonchev–Trinajstić information content (AvgIpc) is 2.54. The first-order valence-electron chi connectivity index (χ1n) is 3.75. The number of halogens is 3. The predicted molar refractivity (Wildman–Crippen MR) is 44.0 cm³/mol. The van der Waals surface area contributed by atoms with Gasteiger partial charge in [0.1, 0.15) is 5.39 Å². The zero-order valence-electron chi connectivity index (χ0n) is 7.05. The van der Waals surface area contributed by atoms with Gasteiger partial charge in [0, 0.05) is 6.20 Å². The van der Waals surface area contributed by atoms with Gasteiger partial charge in [-0.25, -0.2) is 0 Å². The van der Waals surface area contributed by atoms with E-state index in [1.165, 1.54) is 0 Å². The topological polar surface area (TPSA) is 84.9 Å². The van der Waals surface area contributed by atoms with Crippen molar-refractivity contribution in [1.82, 2.24) is 10.1 Å². The molecule has 2 heterocycles. The van der Waals surface area contributed by atoms with Gasteiger partial charge >= 0.3 is 6.18 Å². The third-order valence-electron chi connectivity index (χ3n) is 1.81. The number of nitrogens with one attached hydrogen (secondary N) is 1. The van der Waals surface area contributed by atoms with Crippen molar-refractivity contribution in [2.75, 3.05) is 5.73 Å². The fraction of sp³-hybridized carbons (Fsp3) is 0.143. The number of fused-ring (bicyclic) bond motifs is 1. The molecule has 2 rings (SSSR count). The summed E-state index contributed by atoms with van der Waals surface area (Å²) in [6, 6.07) is 0. The maximum atomic E-state index is 12.3. The summed E-state index contributed by atoms with van der Waals surface area (Å²) < 4.78 is 41.4. The monoisotopic (exact) mass is 219 g/mol. The van der Waals surface area contributed by atoms with Crippen molar-refractivity contribution in [2.24, 2.45) is 0 Å². The van der Waals surface area contributed by atoms with Gasteiger partial charge in [-0.3, -0.25) is 4.79 Å². The van der Waals surface area contributed by atoms with Crippen LogP contribution in [0.4, 0.5) is 18.9 Å². The lowest BCUT2D eigenvalue weighted by Crippen LogP contribution is -2.14. The number of hydrogen-bond acceptors (Lipinski definition) is 4. The molecule has 0 saturated carbocycles. The largest absolute Gasteiger partial charge is 0.437 e. The van der Waals surface area contributed by atoms with Gasteiger partial charge in [0.05, 0.1) is 5.69 Å². The lowest BCUT2D eigenvalue weighted by molar-refractivity contribution is -0.141. The number of aromatic nitrogens is 2. The third kappa shape index (κ3) is 1.34. The van der Waals surface area contributed by atoms with E-state index in [0.717, 1.165) is 6.20 Å². The van der Waals surface area contributed by atoms with Crippen molar-refractivity contribution < 1.29 is 17.7 Å². The second-order valence-corrected chi connectivity index (χ2v) is 2.81. The van der Waals surface area contributed by atoms with Crippen LogP contribution in [0.15, 0.2) is 15.5 Å². The van der Waals surface area contributed by atoms with Crippen LogP contribution in [0.2, 0.25) is 0 Å². The number of pyridine rings is 1. The summed E-state index contributed by atoms with van der Waals surface area (Å²) in [6.07, 6.45) is -3.69. The van der Waals surface area contributed by atoms with Crippen LogP contribution in [0.3, 0.4) is 0 Å². The van der Waals surface area contributed by atoms with E-state index in [-0.39, 0.29) is 11.4 Å². The number of nitrogens with two attached hydrogens (primary N) is 1. The molecule has 5 nitrogen and oxygen atoms in total. The van der Waals surface area contributed by atoms with Crippen LogP contribution in [-0.4, -0.2) is 10.1 Å². The molecule has 0 aliphatic heterocycles. The van der Waals surface area contributed by atoms with E-state index in [2.05, 4.69) is 14.7 Å². The van der Waals surface area contributed by atoms with E-state index in [4.69, 9.17) is 5.73 Å². The minimum atomic E-state index is -4.74. The molecule has 0 unspecified atom stereocenters. The second-order valence-electron chi connectivity index (χ2n) is 2.81. The van der Waals surface area contributed by atoms with E-state index in [1.807, 2.05) is 0 Å². The highest BCUT2D eigenvalue weighted by atomic mass is 19.4. The van der Waals surface area contributed by atoms with Crippen molar-refractivity contribution in [3.63, 3.8) is 0 Å². The standard InChI is InChI=1S/C7H4F3N3O2/c8-7(9,10)5-3-4(14)2(11)1-12-6(3)15-13-5/h1H,11H2,(H,12,14). The quantitative estimate of drug-likeness (QED) is 0.695. The Morgan fingerprint density at radius 2 is 2.13 bits per heavy atom. The molecule has 80 valence electrons. The van der Waals surface area contributed by atoms with Crippen LogP contribution in [0.1, 0.15) is 5.69 Å². The Morgan fingerprint density at radius 3 is 2.73 bits per heavy atom. The predicted octanol–water partition coefficient (Wildman–Crippen LogP) is 1.12. The van der Waals surface area contributed by atoms with Gasteiger partial charge in [0.25, 0.3) is 0 Å². The lowest BCUT2D eigenvalue weighted by Gasteiger charge is -2.00. The number of H-pyrrole nitrogens is 1. The molecular weight excluding hydrogens is 215 g/mol. The van der Waals surface area contributed by atoms with Crippen LogP contribution >= 0.6 is 0 Å². The maximum Gasteiger partial charge on any atom is 0.437 e. The molecule has 3 N–H and O–H groups in total. The Balaban J connectivity index is 2.90. The van der Waals surface area contributed by atoms with E-state index in [9.17, 15) is 18.0 Å². The summed E-state index contributed by atoms with van der Waals surface area (Å²) in [5.41, 5.74) is 2.19. The molecular formula is C7H4F3N3O2. The summed E-state index contributed by atoms with van der Waals surface area (Å²) in [6.45, 7) is 0. The fourth-order valence-electron chi connectivity index (χ4n) is 1.15. The van der Waals surface area contributed by atoms with Crippen molar-refractivity contribution >= 4 is 16.8 Å². The summed E-state index contributed by atoms with van der Waals surface area (Å²) in [5, 5.41) is 2.10. The Kier molecular flexibility index (Phi) is 1.75. The number of rotatable bonds is 0. The van der Waals surface area contributed by atoms with Crippen molar-refractivity contribution in [1.29, 1.82) is 0 Å². The zero-order valence-corrected chi connectivity index (χ0v) is 7.05. The molecule has 0 amide bonds. The van der Waals surface area contributed by atoms with Crippen LogP contribution in [0.5, 0.6) is 0 Å². The molecule has 8 heteroatoms. The Morgan fingerprint density at radius 1 is 1.47 bits per heavy atom. The first kappa shape index (κ1) is 9.56. The van der Waals surface area contributed by atoms with Crippen molar-refractivity contribution in [2.45, 2.75) is 6.18 Å². The molecule has 2 aromatic heterocycles. The molecule has 0 radical (unpaired) electrons. The van der Waals surface area contributed by atoms with Gasteiger partial charge in [0.2, 0.25) is 16.8 Å². The minimum Gasteiger partial charge on any atom is -0.394 e. The van der Waals surface area contributed by atoms with E-state index >= 15 is 0 Å². The van der Waals surface area contributed by atoms with Gasteiger partial charge < -0.3 is 15.2 Å². The number of alkyl halides is 3. The van der Waals surface area contributed by atoms with Gasteiger partial charge in [0.15, 0.2) is 0 Å². The number of aromatic amines is 1. The Labute approximate surface area is 79.7 Å². The van der Waals surface area contributed by atoms with Gasteiger partial charge in [-0.05, 0) is 0 Å². The average molecular weight is 219 g/mol. The Hall–Kier alpha value is -1.99. The number of nitrogens with zero attached hydrogens (tertiary/aromatic N) is 1. The summed E-state index contributed by atoms with van der Waals surface area (Å²) in [5.74, 6) is 0.